The summed E-state index contributed by atoms with van der Waals surface area (Å²) in [6, 6.07) is 5.99. The van der Waals surface area contributed by atoms with Gasteiger partial charge < -0.3 is 10.2 Å². The Labute approximate surface area is 168 Å². The maximum absolute atomic E-state index is 13.0. The first-order valence-corrected chi connectivity index (χ1v) is 9.66. The molecule has 0 bridgehead atoms. The summed E-state index contributed by atoms with van der Waals surface area (Å²) in [6.45, 7) is 5.21. The Morgan fingerprint density at radius 3 is 2.90 bits per heavy atom. The van der Waals surface area contributed by atoms with Crippen molar-refractivity contribution in [2.75, 3.05) is 19.6 Å². The van der Waals surface area contributed by atoms with Crippen molar-refractivity contribution in [2.45, 2.75) is 33.1 Å². The molecule has 3 rings (SSSR count). The number of benzene rings is 1. The normalized spacial score (nSPS) is 16.5. The summed E-state index contributed by atoms with van der Waals surface area (Å²) in [4.78, 5) is 37.4. The van der Waals surface area contributed by atoms with Gasteiger partial charge in [-0.3, -0.25) is 19.7 Å². The second-order valence-electron chi connectivity index (χ2n) is 7.09. The first-order chi connectivity index (χ1) is 13.9. The van der Waals surface area contributed by atoms with Crippen molar-refractivity contribution in [1.29, 1.82) is 0 Å². The van der Waals surface area contributed by atoms with E-state index >= 15 is 0 Å². The summed E-state index contributed by atoms with van der Waals surface area (Å²) in [5.74, 6) is -0.542. The number of piperidine rings is 1. The number of amides is 2. The predicted octanol–water partition coefficient (Wildman–Crippen LogP) is 1.86. The summed E-state index contributed by atoms with van der Waals surface area (Å²) < 4.78 is 1.41. The second-order valence-corrected chi connectivity index (χ2v) is 7.09. The van der Waals surface area contributed by atoms with E-state index in [-0.39, 0.29) is 29.1 Å². The number of carbonyl (C=O) groups is 2. The summed E-state index contributed by atoms with van der Waals surface area (Å²) in [7, 11) is 0. The highest BCUT2D eigenvalue weighted by atomic mass is 16.6. The number of likely N-dealkylation sites (tertiary alicyclic amines) is 1. The molecule has 1 aromatic heterocycles. The van der Waals surface area contributed by atoms with Gasteiger partial charge in [-0.1, -0.05) is 18.2 Å². The molecule has 0 aliphatic carbocycles. The smallest absolute Gasteiger partial charge is 0.276 e. The van der Waals surface area contributed by atoms with E-state index in [1.807, 2.05) is 6.92 Å². The Morgan fingerprint density at radius 2 is 2.17 bits per heavy atom. The average Bonchev–Trinajstić information content (AvgIpc) is 3.12. The molecule has 1 aliphatic heterocycles. The standard InChI is InChI=1S/C19H24N6O4/c1-3-9-20-18(26)14-6-5-10-23(12-14)19(27)17-13(2)24(22-21-17)15-7-4-8-16(11-15)25(28)29/h4,7-8,11,14H,3,5-6,9-10,12H2,1-2H3,(H,20,26). The van der Waals surface area contributed by atoms with Gasteiger partial charge in [-0.2, -0.15) is 0 Å². The van der Waals surface area contributed by atoms with Crippen LogP contribution in [-0.4, -0.2) is 56.3 Å². The Kier molecular flexibility index (Phi) is 6.20. The lowest BCUT2D eigenvalue weighted by atomic mass is 9.96. The molecule has 1 fully saturated rings. The minimum Gasteiger partial charge on any atom is -0.356 e. The fourth-order valence-corrected chi connectivity index (χ4v) is 3.43. The molecule has 2 aromatic rings. The molecule has 29 heavy (non-hydrogen) atoms. The summed E-state index contributed by atoms with van der Waals surface area (Å²) in [5.41, 5.74) is 1.07. The van der Waals surface area contributed by atoms with Crippen LogP contribution in [0.5, 0.6) is 0 Å². The van der Waals surface area contributed by atoms with Crippen LogP contribution in [0, 0.1) is 23.0 Å². The molecule has 1 saturated heterocycles. The van der Waals surface area contributed by atoms with E-state index in [2.05, 4.69) is 15.6 Å². The zero-order valence-electron chi connectivity index (χ0n) is 16.5. The van der Waals surface area contributed by atoms with Gasteiger partial charge in [0, 0.05) is 31.8 Å². The third-order valence-corrected chi connectivity index (χ3v) is 5.01. The molecule has 10 heteroatoms. The Balaban J connectivity index is 1.78. The lowest BCUT2D eigenvalue weighted by Crippen LogP contribution is -2.45. The van der Waals surface area contributed by atoms with E-state index in [4.69, 9.17) is 0 Å². The highest BCUT2D eigenvalue weighted by Gasteiger charge is 2.31. The van der Waals surface area contributed by atoms with E-state index in [1.165, 1.54) is 16.8 Å². The number of hydrogen-bond donors (Lipinski definition) is 1. The van der Waals surface area contributed by atoms with Crippen LogP contribution in [-0.2, 0) is 4.79 Å². The van der Waals surface area contributed by atoms with Crippen molar-refractivity contribution < 1.29 is 14.5 Å². The monoisotopic (exact) mass is 400 g/mol. The van der Waals surface area contributed by atoms with E-state index in [1.54, 1.807) is 24.0 Å². The number of nitro benzene ring substituents is 1. The number of nitrogens with zero attached hydrogens (tertiary/aromatic N) is 5. The third-order valence-electron chi connectivity index (χ3n) is 5.01. The number of rotatable bonds is 6. The molecule has 154 valence electrons. The molecule has 1 N–H and O–H groups in total. The third kappa shape index (κ3) is 4.41. The molecule has 0 spiro atoms. The summed E-state index contributed by atoms with van der Waals surface area (Å²) >= 11 is 0. The number of nitrogens with one attached hydrogen (secondary N) is 1. The van der Waals surface area contributed by atoms with Crippen LogP contribution in [0.1, 0.15) is 42.4 Å². The van der Waals surface area contributed by atoms with E-state index in [9.17, 15) is 19.7 Å². The Morgan fingerprint density at radius 1 is 1.38 bits per heavy atom. The second kappa shape index (κ2) is 8.80. The van der Waals surface area contributed by atoms with Crippen molar-refractivity contribution in [2.24, 2.45) is 5.92 Å². The fraction of sp³-hybridized carbons (Fsp3) is 0.474. The van der Waals surface area contributed by atoms with E-state index in [0.29, 0.717) is 31.0 Å². The van der Waals surface area contributed by atoms with Crippen molar-refractivity contribution in [3.63, 3.8) is 0 Å². The molecular weight excluding hydrogens is 376 g/mol. The van der Waals surface area contributed by atoms with Gasteiger partial charge in [0.2, 0.25) is 5.91 Å². The lowest BCUT2D eigenvalue weighted by Gasteiger charge is -2.31. The van der Waals surface area contributed by atoms with Gasteiger partial charge in [0.05, 0.1) is 22.2 Å². The number of hydrogen-bond acceptors (Lipinski definition) is 6. The van der Waals surface area contributed by atoms with Crippen LogP contribution in [0.25, 0.3) is 5.69 Å². The SMILES string of the molecule is CCCNC(=O)C1CCCN(C(=O)c2nnn(-c3cccc([N+](=O)[O-])c3)c2C)C1. The zero-order chi connectivity index (χ0) is 21.0. The first kappa shape index (κ1) is 20.4. The van der Waals surface area contributed by atoms with Crippen LogP contribution >= 0.6 is 0 Å². The van der Waals surface area contributed by atoms with Gasteiger partial charge in [-0.25, -0.2) is 4.68 Å². The molecular formula is C19H24N6O4. The van der Waals surface area contributed by atoms with Gasteiger partial charge in [0.1, 0.15) is 0 Å². The molecule has 2 amide bonds. The van der Waals surface area contributed by atoms with Gasteiger partial charge in [-0.05, 0) is 32.3 Å². The maximum atomic E-state index is 13.0. The first-order valence-electron chi connectivity index (χ1n) is 9.66. The highest BCUT2D eigenvalue weighted by Crippen LogP contribution is 2.22. The van der Waals surface area contributed by atoms with Crippen LogP contribution in [0.4, 0.5) is 5.69 Å². The van der Waals surface area contributed by atoms with Crippen molar-refractivity contribution in [1.82, 2.24) is 25.2 Å². The fourth-order valence-electron chi connectivity index (χ4n) is 3.43. The Bertz CT molecular complexity index is 925. The lowest BCUT2D eigenvalue weighted by molar-refractivity contribution is -0.384. The van der Waals surface area contributed by atoms with Gasteiger partial charge >= 0.3 is 0 Å². The van der Waals surface area contributed by atoms with Gasteiger partial charge in [0.25, 0.3) is 11.6 Å². The molecule has 10 nitrogen and oxygen atoms in total. The van der Waals surface area contributed by atoms with Crippen molar-refractivity contribution in [3.8, 4) is 5.69 Å². The van der Waals surface area contributed by atoms with E-state index < -0.39 is 4.92 Å². The average molecular weight is 400 g/mol. The number of aromatic nitrogens is 3. The van der Waals surface area contributed by atoms with E-state index in [0.717, 1.165) is 19.3 Å². The van der Waals surface area contributed by atoms with Crippen LogP contribution in [0.2, 0.25) is 0 Å². The molecule has 1 unspecified atom stereocenters. The largest absolute Gasteiger partial charge is 0.356 e. The van der Waals surface area contributed by atoms with Crippen LogP contribution in [0.3, 0.4) is 0 Å². The van der Waals surface area contributed by atoms with Crippen LogP contribution in [0.15, 0.2) is 24.3 Å². The molecule has 1 atom stereocenters. The number of carbonyl (C=O) groups excluding carboxylic acids is 2. The van der Waals surface area contributed by atoms with Gasteiger partial charge in [-0.15, -0.1) is 5.10 Å². The van der Waals surface area contributed by atoms with Crippen molar-refractivity contribution in [3.05, 3.63) is 45.8 Å². The minimum absolute atomic E-state index is 0.0266. The van der Waals surface area contributed by atoms with Gasteiger partial charge in [0.15, 0.2) is 5.69 Å². The molecule has 2 heterocycles. The predicted molar refractivity (Wildman–Crippen MR) is 105 cm³/mol. The molecule has 0 radical (unpaired) electrons. The molecule has 1 aromatic carbocycles. The van der Waals surface area contributed by atoms with Crippen molar-refractivity contribution >= 4 is 17.5 Å². The maximum Gasteiger partial charge on any atom is 0.276 e. The summed E-state index contributed by atoms with van der Waals surface area (Å²) in [6.07, 6.45) is 2.35. The Hall–Kier alpha value is -3.30. The molecule has 1 aliphatic rings. The topological polar surface area (TPSA) is 123 Å². The summed E-state index contributed by atoms with van der Waals surface area (Å²) in [5, 5.41) is 21.9. The minimum atomic E-state index is -0.487. The van der Waals surface area contributed by atoms with Crippen LogP contribution < -0.4 is 5.32 Å². The number of non-ortho nitro benzene ring substituents is 1. The zero-order valence-corrected chi connectivity index (χ0v) is 16.5. The highest BCUT2D eigenvalue weighted by molar-refractivity contribution is 5.94. The number of nitro groups is 1. The quantitative estimate of drug-likeness (QED) is 0.583. The molecule has 0 saturated carbocycles.